The molecule has 3 rings (SSSR count). The van der Waals surface area contributed by atoms with E-state index in [-0.39, 0.29) is 17.5 Å². The zero-order valence-electron chi connectivity index (χ0n) is 11.6. The van der Waals surface area contributed by atoms with Crippen LogP contribution in [0.2, 0.25) is 0 Å². The second-order valence-electron chi connectivity index (χ2n) is 5.42. The number of fused-ring (bicyclic) bond motifs is 1. The summed E-state index contributed by atoms with van der Waals surface area (Å²) in [5.41, 5.74) is 2.32. The summed E-state index contributed by atoms with van der Waals surface area (Å²) < 4.78 is 6.88. The van der Waals surface area contributed by atoms with Crippen molar-refractivity contribution in [3.05, 3.63) is 21.4 Å². The Morgan fingerprint density at radius 3 is 2.65 bits per heavy atom. The molecule has 0 atom stereocenters. The van der Waals surface area contributed by atoms with Crippen LogP contribution in [0.5, 0.6) is 0 Å². The minimum absolute atomic E-state index is 0.0399. The standard InChI is InChI=1S/C15H17ClO2S2/c1-8-7-19-15-12(8)9(2)13(20-15)14(17)18-11-5-3-10(16)4-6-11/h7,10-11H,3-6H2,1-2H3. The van der Waals surface area contributed by atoms with E-state index in [1.807, 2.05) is 6.92 Å². The zero-order chi connectivity index (χ0) is 14.3. The van der Waals surface area contributed by atoms with Crippen molar-refractivity contribution < 1.29 is 9.53 Å². The van der Waals surface area contributed by atoms with Crippen LogP contribution in [0.25, 0.3) is 9.40 Å². The van der Waals surface area contributed by atoms with Crippen molar-refractivity contribution in [1.29, 1.82) is 0 Å². The third-order valence-corrected chi connectivity index (χ3v) is 6.85. The van der Waals surface area contributed by atoms with Gasteiger partial charge in [-0.2, -0.15) is 0 Å². The van der Waals surface area contributed by atoms with Gasteiger partial charge in [0.25, 0.3) is 0 Å². The Hall–Kier alpha value is -0.580. The minimum atomic E-state index is -0.159. The molecule has 2 heterocycles. The average Bonchev–Trinajstić information content (AvgIpc) is 2.94. The molecule has 1 fully saturated rings. The molecule has 0 N–H and O–H groups in total. The van der Waals surface area contributed by atoms with E-state index < -0.39 is 0 Å². The normalized spacial score (nSPS) is 23.1. The molecule has 1 saturated carbocycles. The zero-order valence-corrected chi connectivity index (χ0v) is 14.0. The lowest BCUT2D eigenvalue weighted by atomic mass is 9.97. The number of carbonyl (C=O) groups is 1. The second kappa shape index (κ2) is 5.66. The second-order valence-corrected chi connectivity index (χ2v) is 8.19. The van der Waals surface area contributed by atoms with Crippen LogP contribution in [0, 0.1) is 13.8 Å². The molecule has 5 heteroatoms. The third kappa shape index (κ3) is 2.61. The molecule has 2 aromatic heterocycles. The van der Waals surface area contributed by atoms with Gasteiger partial charge in [-0.05, 0) is 56.0 Å². The van der Waals surface area contributed by atoms with E-state index in [1.54, 1.807) is 22.7 Å². The van der Waals surface area contributed by atoms with Crippen molar-refractivity contribution in [2.75, 3.05) is 0 Å². The Balaban J connectivity index is 1.77. The van der Waals surface area contributed by atoms with Gasteiger partial charge in [-0.3, -0.25) is 0 Å². The highest BCUT2D eigenvalue weighted by Gasteiger charge is 2.25. The van der Waals surface area contributed by atoms with Gasteiger partial charge < -0.3 is 4.74 Å². The first kappa shape index (κ1) is 14.4. The number of hydrogen-bond acceptors (Lipinski definition) is 4. The molecule has 1 aliphatic rings. The van der Waals surface area contributed by atoms with Crippen LogP contribution in [0.1, 0.15) is 46.5 Å². The maximum atomic E-state index is 12.4. The van der Waals surface area contributed by atoms with Crippen LogP contribution in [0.15, 0.2) is 5.38 Å². The summed E-state index contributed by atoms with van der Waals surface area (Å²) in [5, 5.41) is 3.63. The molecule has 0 aliphatic heterocycles. The fourth-order valence-electron chi connectivity index (χ4n) is 2.77. The van der Waals surface area contributed by atoms with Gasteiger partial charge >= 0.3 is 5.97 Å². The molecule has 20 heavy (non-hydrogen) atoms. The highest BCUT2D eigenvalue weighted by molar-refractivity contribution is 7.38. The van der Waals surface area contributed by atoms with Crippen LogP contribution in [0.4, 0.5) is 0 Å². The number of aryl methyl sites for hydroxylation is 2. The Morgan fingerprint density at radius 2 is 2.00 bits per heavy atom. The summed E-state index contributed by atoms with van der Waals surface area (Å²) in [6, 6.07) is 0. The molecule has 2 aromatic rings. The molecule has 1 aliphatic carbocycles. The summed E-state index contributed by atoms with van der Waals surface area (Å²) >= 11 is 9.35. The Kier molecular flexibility index (Phi) is 4.07. The number of hydrogen-bond donors (Lipinski definition) is 0. The number of alkyl halides is 1. The van der Waals surface area contributed by atoms with Gasteiger partial charge in [-0.1, -0.05) is 0 Å². The highest BCUT2D eigenvalue weighted by atomic mass is 35.5. The van der Waals surface area contributed by atoms with Gasteiger partial charge in [0.05, 0.1) is 4.01 Å². The molecular formula is C15H17ClO2S2. The van der Waals surface area contributed by atoms with E-state index in [0.29, 0.717) is 0 Å². The highest BCUT2D eigenvalue weighted by Crippen LogP contribution is 2.38. The first-order chi connectivity index (χ1) is 9.56. The molecule has 0 unspecified atom stereocenters. The van der Waals surface area contributed by atoms with Crippen molar-refractivity contribution >= 4 is 49.6 Å². The molecule has 0 bridgehead atoms. The number of ether oxygens (including phenoxy) is 1. The van der Waals surface area contributed by atoms with E-state index in [4.69, 9.17) is 16.3 Å². The fourth-order valence-corrected chi connectivity index (χ4v) is 5.43. The summed E-state index contributed by atoms with van der Waals surface area (Å²) in [6.45, 7) is 4.11. The van der Waals surface area contributed by atoms with Gasteiger partial charge in [-0.15, -0.1) is 34.3 Å². The van der Waals surface area contributed by atoms with Crippen LogP contribution in [-0.2, 0) is 4.74 Å². The predicted molar refractivity (Wildman–Crippen MR) is 86.5 cm³/mol. The van der Waals surface area contributed by atoms with Crippen LogP contribution in [-0.4, -0.2) is 17.5 Å². The van der Waals surface area contributed by atoms with Crippen molar-refractivity contribution in [3.8, 4) is 0 Å². The SMILES string of the molecule is Cc1csc2sc(C(=O)OC3CCC(Cl)CC3)c(C)c12. The monoisotopic (exact) mass is 328 g/mol. The molecule has 0 spiro atoms. The van der Waals surface area contributed by atoms with E-state index in [0.717, 1.165) is 36.1 Å². The molecule has 0 amide bonds. The largest absolute Gasteiger partial charge is 0.458 e. The first-order valence-electron chi connectivity index (χ1n) is 6.88. The quantitative estimate of drug-likeness (QED) is 0.553. The van der Waals surface area contributed by atoms with Crippen molar-refractivity contribution in [2.24, 2.45) is 0 Å². The number of halogens is 1. The maximum Gasteiger partial charge on any atom is 0.348 e. The minimum Gasteiger partial charge on any atom is -0.458 e. The van der Waals surface area contributed by atoms with E-state index in [1.165, 1.54) is 15.0 Å². The summed E-state index contributed by atoms with van der Waals surface area (Å²) in [4.78, 5) is 13.1. The maximum absolute atomic E-state index is 12.4. The Labute approximate surface area is 131 Å². The van der Waals surface area contributed by atoms with Crippen LogP contribution in [0.3, 0.4) is 0 Å². The molecule has 108 valence electrons. The number of esters is 1. The van der Waals surface area contributed by atoms with Crippen molar-refractivity contribution in [3.63, 3.8) is 0 Å². The third-order valence-electron chi connectivity index (χ3n) is 3.91. The summed E-state index contributed by atoms with van der Waals surface area (Å²) in [7, 11) is 0. The van der Waals surface area contributed by atoms with Crippen LogP contribution >= 0.6 is 34.3 Å². The molecule has 0 saturated heterocycles. The van der Waals surface area contributed by atoms with E-state index in [2.05, 4.69) is 12.3 Å². The molecule has 0 aromatic carbocycles. The predicted octanol–water partition coefficient (Wildman–Crippen LogP) is 5.29. The summed E-state index contributed by atoms with van der Waals surface area (Å²) in [5.74, 6) is -0.159. The van der Waals surface area contributed by atoms with Gasteiger partial charge in [0, 0.05) is 10.8 Å². The van der Waals surface area contributed by atoms with E-state index in [9.17, 15) is 4.79 Å². The van der Waals surface area contributed by atoms with Gasteiger partial charge in [0.1, 0.15) is 11.0 Å². The van der Waals surface area contributed by atoms with Crippen molar-refractivity contribution in [1.82, 2.24) is 0 Å². The first-order valence-corrected chi connectivity index (χ1v) is 9.01. The topological polar surface area (TPSA) is 26.3 Å². The lowest BCUT2D eigenvalue weighted by Crippen LogP contribution is -2.24. The lowest BCUT2D eigenvalue weighted by Gasteiger charge is -2.24. The Bertz CT molecular complexity index is 636. The molecule has 0 radical (unpaired) electrons. The van der Waals surface area contributed by atoms with Gasteiger partial charge in [0.15, 0.2) is 0 Å². The van der Waals surface area contributed by atoms with Crippen LogP contribution < -0.4 is 0 Å². The Morgan fingerprint density at radius 1 is 1.30 bits per heavy atom. The molecule has 2 nitrogen and oxygen atoms in total. The number of carbonyl (C=O) groups excluding carboxylic acids is 1. The van der Waals surface area contributed by atoms with Gasteiger partial charge in [-0.25, -0.2) is 4.79 Å². The van der Waals surface area contributed by atoms with Gasteiger partial charge in [0.2, 0.25) is 0 Å². The van der Waals surface area contributed by atoms with Crippen molar-refractivity contribution in [2.45, 2.75) is 51.0 Å². The van der Waals surface area contributed by atoms with E-state index >= 15 is 0 Å². The average molecular weight is 329 g/mol. The summed E-state index contributed by atoms with van der Waals surface area (Å²) in [6.07, 6.45) is 3.70. The smallest absolute Gasteiger partial charge is 0.348 e. The number of thiophene rings is 2. The lowest BCUT2D eigenvalue weighted by molar-refractivity contribution is 0.0219. The number of rotatable bonds is 2. The molecular weight excluding hydrogens is 312 g/mol. The fraction of sp³-hybridized carbons (Fsp3) is 0.533.